The molecule has 6 heteroatoms. The van der Waals surface area contributed by atoms with Crippen LogP contribution in [0.1, 0.15) is 15.9 Å². The lowest BCUT2D eigenvalue weighted by Crippen LogP contribution is -2.14. The molecular formula is C20H11NO5. The van der Waals surface area contributed by atoms with E-state index in [4.69, 9.17) is 4.42 Å². The fraction of sp³-hybridized carbons (Fsp3) is 0. The topological polar surface area (TPSA) is 90.4 Å². The molecule has 0 saturated heterocycles. The molecule has 0 bridgehead atoms. The molecule has 0 fully saturated rings. The Bertz CT molecular complexity index is 1240. The highest BCUT2D eigenvalue weighted by molar-refractivity contribution is 6.10. The van der Waals surface area contributed by atoms with E-state index in [1.165, 1.54) is 30.3 Å². The molecule has 0 unspecified atom stereocenters. The van der Waals surface area contributed by atoms with Gasteiger partial charge in [-0.15, -0.1) is 0 Å². The Labute approximate surface area is 146 Å². The van der Waals surface area contributed by atoms with Gasteiger partial charge in [0.1, 0.15) is 11.1 Å². The molecule has 3 aromatic carbocycles. The van der Waals surface area contributed by atoms with Crippen LogP contribution in [0.15, 0.2) is 75.9 Å². The molecular weight excluding hydrogens is 334 g/mol. The van der Waals surface area contributed by atoms with Gasteiger partial charge in [0.2, 0.25) is 0 Å². The Morgan fingerprint density at radius 1 is 0.885 bits per heavy atom. The summed E-state index contributed by atoms with van der Waals surface area (Å²) in [5.41, 5.74) is -0.395. The monoisotopic (exact) mass is 345 g/mol. The van der Waals surface area contributed by atoms with Crippen molar-refractivity contribution in [2.45, 2.75) is 0 Å². The number of non-ortho nitro benzene ring substituents is 1. The summed E-state index contributed by atoms with van der Waals surface area (Å²) in [6.07, 6.45) is 0. The first-order valence-corrected chi connectivity index (χ1v) is 7.79. The second kappa shape index (κ2) is 5.93. The smallest absolute Gasteiger partial charge is 0.347 e. The molecule has 0 atom stereocenters. The molecule has 0 amide bonds. The molecule has 0 aliphatic heterocycles. The molecule has 0 saturated carbocycles. The number of rotatable bonds is 3. The summed E-state index contributed by atoms with van der Waals surface area (Å²) >= 11 is 0. The van der Waals surface area contributed by atoms with E-state index in [1.807, 2.05) is 30.3 Å². The summed E-state index contributed by atoms with van der Waals surface area (Å²) in [6.45, 7) is 0. The van der Waals surface area contributed by atoms with Crippen LogP contribution >= 0.6 is 0 Å². The summed E-state index contributed by atoms with van der Waals surface area (Å²) in [7, 11) is 0. The van der Waals surface area contributed by atoms with Crippen LogP contribution in [0, 0.1) is 10.1 Å². The van der Waals surface area contributed by atoms with Crippen molar-refractivity contribution in [3.8, 4) is 0 Å². The zero-order valence-electron chi connectivity index (χ0n) is 13.3. The lowest BCUT2D eigenvalue weighted by atomic mass is 10.0. The number of ketones is 1. The van der Waals surface area contributed by atoms with Gasteiger partial charge in [-0.1, -0.05) is 24.3 Å². The Balaban J connectivity index is 1.83. The van der Waals surface area contributed by atoms with E-state index in [9.17, 15) is 19.7 Å². The minimum absolute atomic E-state index is 0.110. The van der Waals surface area contributed by atoms with Gasteiger partial charge in [0.25, 0.3) is 5.69 Å². The van der Waals surface area contributed by atoms with E-state index in [0.717, 1.165) is 10.8 Å². The molecule has 0 radical (unpaired) electrons. The second-order valence-electron chi connectivity index (χ2n) is 5.82. The van der Waals surface area contributed by atoms with Gasteiger partial charge in [-0.3, -0.25) is 14.9 Å². The van der Waals surface area contributed by atoms with Crippen molar-refractivity contribution in [1.29, 1.82) is 0 Å². The van der Waals surface area contributed by atoms with Crippen molar-refractivity contribution in [3.63, 3.8) is 0 Å². The minimum atomic E-state index is -0.740. The van der Waals surface area contributed by atoms with Gasteiger partial charge in [-0.25, -0.2) is 4.79 Å². The number of carbonyl (C=O) groups is 1. The van der Waals surface area contributed by atoms with Crippen molar-refractivity contribution >= 4 is 33.2 Å². The maximum atomic E-state index is 12.6. The Kier molecular flexibility index (Phi) is 3.58. The van der Waals surface area contributed by atoms with Crippen molar-refractivity contribution < 1.29 is 14.1 Å². The van der Waals surface area contributed by atoms with Crippen LogP contribution in [0.25, 0.3) is 21.7 Å². The molecule has 6 nitrogen and oxygen atoms in total. The predicted octanol–water partition coefficient (Wildman–Crippen LogP) is 4.09. The summed E-state index contributed by atoms with van der Waals surface area (Å²) in [6, 6.07) is 17.8. The molecule has 0 spiro atoms. The number of hydrogen-bond donors (Lipinski definition) is 0. The van der Waals surface area contributed by atoms with Crippen LogP contribution in [-0.4, -0.2) is 10.7 Å². The lowest BCUT2D eigenvalue weighted by Gasteiger charge is -2.04. The normalized spacial score (nSPS) is 10.9. The SMILES string of the molecule is O=C(c1ccc([N+](=O)[O-])cc1)c1cc2cc3ccccc3cc2oc1=O. The Morgan fingerprint density at radius 2 is 1.54 bits per heavy atom. The number of benzene rings is 3. The standard InChI is InChI=1S/C20H11NO5/c22-19(12-5-7-16(8-6-12)21(24)25)17-10-15-9-13-3-1-2-4-14(13)11-18(15)26-20(17)23/h1-11H. The molecule has 0 N–H and O–H groups in total. The number of nitro benzene ring substituents is 1. The number of fused-ring (bicyclic) bond motifs is 2. The summed E-state index contributed by atoms with van der Waals surface area (Å²) in [4.78, 5) is 35.1. The van der Waals surface area contributed by atoms with Gasteiger partial charge >= 0.3 is 5.63 Å². The van der Waals surface area contributed by atoms with Crippen LogP contribution in [0.4, 0.5) is 5.69 Å². The van der Waals surface area contributed by atoms with E-state index in [-0.39, 0.29) is 16.8 Å². The number of carbonyl (C=O) groups excluding carboxylic acids is 1. The van der Waals surface area contributed by atoms with Gasteiger partial charge in [0.05, 0.1) is 4.92 Å². The van der Waals surface area contributed by atoms with Crippen molar-refractivity contribution in [2.75, 3.05) is 0 Å². The van der Waals surface area contributed by atoms with E-state index in [0.29, 0.717) is 11.0 Å². The maximum absolute atomic E-state index is 12.6. The molecule has 0 aliphatic rings. The first-order chi connectivity index (χ1) is 12.5. The molecule has 26 heavy (non-hydrogen) atoms. The zero-order chi connectivity index (χ0) is 18.3. The second-order valence-corrected chi connectivity index (χ2v) is 5.82. The third kappa shape index (κ3) is 2.63. The van der Waals surface area contributed by atoms with Gasteiger partial charge in [-0.2, -0.15) is 0 Å². The van der Waals surface area contributed by atoms with E-state index in [2.05, 4.69) is 0 Å². The van der Waals surface area contributed by atoms with Crippen LogP contribution in [-0.2, 0) is 0 Å². The number of hydrogen-bond acceptors (Lipinski definition) is 5. The first-order valence-electron chi connectivity index (χ1n) is 7.79. The fourth-order valence-corrected chi connectivity index (χ4v) is 2.86. The molecule has 1 heterocycles. The Morgan fingerprint density at radius 3 is 2.19 bits per heavy atom. The third-order valence-corrected chi connectivity index (χ3v) is 4.19. The first kappa shape index (κ1) is 15.7. The average molecular weight is 345 g/mol. The summed E-state index contributed by atoms with van der Waals surface area (Å²) < 4.78 is 5.32. The van der Waals surface area contributed by atoms with Gasteiger partial charge < -0.3 is 4.42 Å². The van der Waals surface area contributed by atoms with E-state index < -0.39 is 16.3 Å². The van der Waals surface area contributed by atoms with Crippen molar-refractivity contribution in [1.82, 2.24) is 0 Å². The highest BCUT2D eigenvalue weighted by Crippen LogP contribution is 2.23. The van der Waals surface area contributed by atoms with Crippen LogP contribution in [0.3, 0.4) is 0 Å². The van der Waals surface area contributed by atoms with E-state index >= 15 is 0 Å². The number of nitrogens with zero attached hydrogens (tertiary/aromatic N) is 1. The number of nitro groups is 1. The Hall–Kier alpha value is -3.80. The predicted molar refractivity (Wildman–Crippen MR) is 96.5 cm³/mol. The largest absolute Gasteiger partial charge is 0.422 e. The third-order valence-electron chi connectivity index (χ3n) is 4.19. The van der Waals surface area contributed by atoms with Gasteiger partial charge in [-0.05, 0) is 41.1 Å². The molecule has 4 aromatic rings. The molecule has 1 aromatic heterocycles. The molecule has 4 rings (SSSR count). The maximum Gasteiger partial charge on any atom is 0.347 e. The van der Waals surface area contributed by atoms with Crippen molar-refractivity contribution in [2.24, 2.45) is 0 Å². The van der Waals surface area contributed by atoms with Crippen LogP contribution in [0.2, 0.25) is 0 Å². The molecule has 126 valence electrons. The van der Waals surface area contributed by atoms with Crippen LogP contribution in [0.5, 0.6) is 0 Å². The highest BCUT2D eigenvalue weighted by atomic mass is 16.6. The zero-order valence-corrected chi connectivity index (χ0v) is 13.3. The van der Waals surface area contributed by atoms with Crippen LogP contribution < -0.4 is 5.63 Å². The highest BCUT2D eigenvalue weighted by Gasteiger charge is 2.17. The van der Waals surface area contributed by atoms with Gasteiger partial charge in [0.15, 0.2) is 5.78 Å². The summed E-state index contributed by atoms with van der Waals surface area (Å²) in [5.74, 6) is -0.538. The van der Waals surface area contributed by atoms with Gasteiger partial charge in [0, 0.05) is 23.1 Å². The van der Waals surface area contributed by atoms with Crippen molar-refractivity contribution in [3.05, 3.63) is 98.4 Å². The fourth-order valence-electron chi connectivity index (χ4n) is 2.86. The quantitative estimate of drug-likeness (QED) is 0.183. The average Bonchev–Trinajstić information content (AvgIpc) is 2.65. The lowest BCUT2D eigenvalue weighted by molar-refractivity contribution is -0.384. The minimum Gasteiger partial charge on any atom is -0.422 e. The summed E-state index contributed by atoms with van der Waals surface area (Å²) in [5, 5.41) is 13.2. The molecule has 0 aliphatic carbocycles. The van der Waals surface area contributed by atoms with E-state index in [1.54, 1.807) is 6.07 Å².